The van der Waals surface area contributed by atoms with Crippen LogP contribution < -0.4 is 10.5 Å². The lowest BCUT2D eigenvalue weighted by Crippen LogP contribution is -2.47. The van der Waals surface area contributed by atoms with Gasteiger partial charge >= 0.3 is 6.36 Å². The Morgan fingerprint density at radius 1 is 1.36 bits per heavy atom. The first-order chi connectivity index (χ1) is 10.4. The Morgan fingerprint density at radius 3 is 2.91 bits per heavy atom. The zero-order valence-electron chi connectivity index (χ0n) is 11.6. The minimum atomic E-state index is -4.74. The molecule has 22 heavy (non-hydrogen) atoms. The summed E-state index contributed by atoms with van der Waals surface area (Å²) in [5.74, 6) is 0.414. The summed E-state index contributed by atoms with van der Waals surface area (Å²) in [4.78, 5) is 4.53. The highest BCUT2D eigenvalue weighted by molar-refractivity contribution is 8.13. The number of amidine groups is 1. The van der Waals surface area contributed by atoms with Crippen LogP contribution in [-0.4, -0.2) is 30.5 Å². The summed E-state index contributed by atoms with van der Waals surface area (Å²) < 4.78 is 47.7. The number of aliphatic imine (C=N–C) groups is 1. The summed E-state index contributed by atoms with van der Waals surface area (Å²) in [6, 6.07) is 6.15. The van der Waals surface area contributed by atoms with Crippen LogP contribution in [0.2, 0.25) is 0 Å². The van der Waals surface area contributed by atoms with Gasteiger partial charge in [0, 0.05) is 30.3 Å². The number of benzene rings is 1. The summed E-state index contributed by atoms with van der Waals surface area (Å²) >= 11 is 1.40. The Bertz CT molecular complexity index is 594. The fraction of sp³-hybridized carbons (Fsp3) is 0.500. The van der Waals surface area contributed by atoms with E-state index in [0.29, 0.717) is 36.1 Å². The number of hydrogen-bond acceptors (Lipinski definition) is 5. The van der Waals surface area contributed by atoms with E-state index in [0.717, 1.165) is 0 Å². The Labute approximate surface area is 129 Å². The fourth-order valence-electron chi connectivity index (χ4n) is 3.00. The zero-order valence-corrected chi connectivity index (χ0v) is 12.4. The molecule has 4 nitrogen and oxygen atoms in total. The van der Waals surface area contributed by atoms with E-state index in [1.807, 2.05) is 0 Å². The smallest absolute Gasteiger partial charge is 0.405 e. The maximum Gasteiger partial charge on any atom is 0.573 e. The number of alkyl halides is 3. The first-order valence-corrected chi connectivity index (χ1v) is 7.80. The number of nitrogens with zero attached hydrogens (tertiary/aromatic N) is 1. The summed E-state index contributed by atoms with van der Waals surface area (Å²) in [5.41, 5.74) is 5.46. The number of rotatable bonds is 2. The summed E-state index contributed by atoms with van der Waals surface area (Å²) in [6.07, 6.45) is -4.26. The van der Waals surface area contributed by atoms with E-state index < -0.39 is 11.9 Å². The molecule has 1 aromatic carbocycles. The van der Waals surface area contributed by atoms with Crippen molar-refractivity contribution in [3.05, 3.63) is 29.8 Å². The van der Waals surface area contributed by atoms with Gasteiger partial charge in [-0.3, -0.25) is 4.99 Å². The molecule has 0 aliphatic carbocycles. The minimum absolute atomic E-state index is 0.0310. The van der Waals surface area contributed by atoms with Gasteiger partial charge in [0.2, 0.25) is 0 Å². The second-order valence-corrected chi connectivity index (χ2v) is 6.29. The molecule has 0 amide bonds. The van der Waals surface area contributed by atoms with Crippen molar-refractivity contribution in [3.63, 3.8) is 0 Å². The van der Waals surface area contributed by atoms with Crippen molar-refractivity contribution in [1.82, 2.24) is 0 Å². The van der Waals surface area contributed by atoms with Crippen LogP contribution in [0, 0.1) is 5.92 Å². The molecule has 0 bridgehead atoms. The molecule has 2 aliphatic heterocycles. The van der Waals surface area contributed by atoms with Crippen molar-refractivity contribution in [2.24, 2.45) is 16.6 Å². The lowest BCUT2D eigenvalue weighted by Gasteiger charge is -2.44. The predicted molar refractivity (Wildman–Crippen MR) is 77.8 cm³/mol. The van der Waals surface area contributed by atoms with Crippen molar-refractivity contribution in [2.75, 3.05) is 19.0 Å². The van der Waals surface area contributed by atoms with Crippen LogP contribution in [0.3, 0.4) is 0 Å². The van der Waals surface area contributed by atoms with Crippen LogP contribution in [-0.2, 0) is 10.3 Å². The summed E-state index contributed by atoms with van der Waals surface area (Å²) in [5, 5.41) is 0.389. The van der Waals surface area contributed by atoms with Crippen LogP contribution >= 0.6 is 11.8 Å². The van der Waals surface area contributed by atoms with Gasteiger partial charge in [0.15, 0.2) is 5.17 Å². The molecule has 120 valence electrons. The Kier molecular flexibility index (Phi) is 3.98. The van der Waals surface area contributed by atoms with Crippen molar-refractivity contribution in [2.45, 2.75) is 18.3 Å². The van der Waals surface area contributed by atoms with Gasteiger partial charge in [-0.05, 0) is 6.07 Å². The molecular weight excluding hydrogens is 317 g/mol. The molecular formula is C14H15F3N2O2S. The number of fused-ring (bicyclic) bond motifs is 1. The maximum absolute atomic E-state index is 12.7. The minimum Gasteiger partial charge on any atom is -0.405 e. The monoisotopic (exact) mass is 332 g/mol. The van der Waals surface area contributed by atoms with Gasteiger partial charge in [-0.1, -0.05) is 30.0 Å². The lowest BCUT2D eigenvalue weighted by atomic mass is 9.75. The van der Waals surface area contributed by atoms with E-state index in [9.17, 15) is 13.2 Å². The SMILES string of the molecule is NC1=N[C@@]2(c3ccccc3OC(F)(F)F)CCOC[C@H]2CS1. The van der Waals surface area contributed by atoms with E-state index in [1.54, 1.807) is 12.1 Å². The fourth-order valence-corrected chi connectivity index (χ4v) is 3.97. The van der Waals surface area contributed by atoms with Gasteiger partial charge in [-0.25, -0.2) is 0 Å². The third-order valence-electron chi connectivity index (χ3n) is 3.94. The van der Waals surface area contributed by atoms with Crippen LogP contribution in [0.25, 0.3) is 0 Å². The number of thioether (sulfide) groups is 1. The molecule has 0 radical (unpaired) electrons. The topological polar surface area (TPSA) is 56.8 Å². The largest absolute Gasteiger partial charge is 0.573 e. The van der Waals surface area contributed by atoms with Crippen LogP contribution in [0.1, 0.15) is 12.0 Å². The highest BCUT2D eigenvalue weighted by atomic mass is 32.2. The molecule has 3 rings (SSSR count). The number of halogens is 3. The van der Waals surface area contributed by atoms with E-state index in [2.05, 4.69) is 9.73 Å². The highest BCUT2D eigenvalue weighted by Gasteiger charge is 2.47. The molecule has 1 saturated heterocycles. The molecule has 0 spiro atoms. The molecule has 1 fully saturated rings. The Balaban J connectivity index is 2.09. The number of ether oxygens (including phenoxy) is 2. The van der Waals surface area contributed by atoms with E-state index in [4.69, 9.17) is 10.5 Å². The van der Waals surface area contributed by atoms with E-state index in [-0.39, 0.29) is 11.7 Å². The molecule has 2 heterocycles. The van der Waals surface area contributed by atoms with E-state index in [1.165, 1.54) is 23.9 Å². The van der Waals surface area contributed by atoms with Crippen molar-refractivity contribution in [3.8, 4) is 5.75 Å². The highest BCUT2D eigenvalue weighted by Crippen LogP contribution is 2.48. The molecule has 0 aromatic heterocycles. The van der Waals surface area contributed by atoms with Gasteiger partial charge in [-0.15, -0.1) is 13.2 Å². The maximum atomic E-state index is 12.7. The lowest BCUT2D eigenvalue weighted by molar-refractivity contribution is -0.275. The third kappa shape index (κ3) is 2.89. The predicted octanol–water partition coefficient (Wildman–Crippen LogP) is 2.88. The second kappa shape index (κ2) is 5.66. The average molecular weight is 332 g/mol. The molecule has 2 aliphatic rings. The van der Waals surface area contributed by atoms with Crippen LogP contribution in [0.5, 0.6) is 5.75 Å². The number of para-hydroxylation sites is 1. The number of hydrogen-bond donors (Lipinski definition) is 1. The first-order valence-electron chi connectivity index (χ1n) is 6.82. The van der Waals surface area contributed by atoms with Crippen molar-refractivity contribution < 1.29 is 22.6 Å². The van der Waals surface area contributed by atoms with Gasteiger partial charge < -0.3 is 15.2 Å². The molecule has 0 saturated carbocycles. The van der Waals surface area contributed by atoms with E-state index >= 15 is 0 Å². The van der Waals surface area contributed by atoms with Crippen LogP contribution in [0.15, 0.2) is 29.3 Å². The third-order valence-corrected chi connectivity index (χ3v) is 4.90. The van der Waals surface area contributed by atoms with Gasteiger partial charge in [-0.2, -0.15) is 0 Å². The van der Waals surface area contributed by atoms with Crippen molar-refractivity contribution in [1.29, 1.82) is 0 Å². The molecule has 0 unspecified atom stereocenters. The van der Waals surface area contributed by atoms with Crippen LogP contribution in [0.4, 0.5) is 13.2 Å². The van der Waals surface area contributed by atoms with Gasteiger partial charge in [0.05, 0.1) is 6.61 Å². The Hall–Kier alpha value is -1.41. The average Bonchev–Trinajstić information content (AvgIpc) is 2.45. The van der Waals surface area contributed by atoms with Gasteiger partial charge in [0.25, 0.3) is 0 Å². The molecule has 8 heteroatoms. The first kappa shape index (κ1) is 15.5. The molecule has 2 atom stereocenters. The Morgan fingerprint density at radius 2 is 2.14 bits per heavy atom. The summed E-state index contributed by atoms with van der Waals surface area (Å²) in [7, 11) is 0. The van der Waals surface area contributed by atoms with Gasteiger partial charge in [0.1, 0.15) is 11.3 Å². The zero-order chi connectivity index (χ0) is 15.8. The quantitative estimate of drug-likeness (QED) is 0.905. The summed E-state index contributed by atoms with van der Waals surface area (Å²) in [6.45, 7) is 0.877. The molecule has 1 aromatic rings. The molecule has 2 N–H and O–H groups in total. The second-order valence-electron chi connectivity index (χ2n) is 5.25. The standard InChI is InChI=1S/C14H15F3N2O2S/c15-14(16,17)21-11-4-2-1-3-10(11)13-5-6-20-7-9(13)8-22-12(18)19-13/h1-4,9H,5-8H2,(H2,18,19)/t9-,13-/m0/s1. The van der Waals surface area contributed by atoms with Crippen molar-refractivity contribution >= 4 is 16.9 Å². The normalized spacial score (nSPS) is 28.7. The number of nitrogens with two attached hydrogens (primary N) is 1.